The quantitative estimate of drug-likeness (QED) is 0.162. The maximum Gasteiger partial charge on any atom is 0.235 e. The number of aromatic nitrogens is 4. The molecule has 0 saturated carbocycles. The summed E-state index contributed by atoms with van der Waals surface area (Å²) in [5.74, 6) is 0.661. The molecule has 292 valence electrons. The number of fused-ring (bicyclic) bond motifs is 12. The molecular formula is C58H34N4S. The Kier molecular flexibility index (Phi) is 7.24. The Hall–Kier alpha value is -8.12. The minimum atomic E-state index is 0.661. The first-order chi connectivity index (χ1) is 31.3. The van der Waals surface area contributed by atoms with E-state index in [1.54, 1.807) is 0 Å². The van der Waals surface area contributed by atoms with E-state index in [1.165, 1.54) is 80.9 Å². The van der Waals surface area contributed by atoms with Gasteiger partial charge in [0.25, 0.3) is 0 Å². The van der Waals surface area contributed by atoms with Gasteiger partial charge in [0.2, 0.25) is 5.95 Å². The van der Waals surface area contributed by atoms with Crippen molar-refractivity contribution in [1.29, 1.82) is 0 Å². The second kappa shape index (κ2) is 13.2. The summed E-state index contributed by atoms with van der Waals surface area (Å²) in [4.78, 5) is 13.4. The van der Waals surface area contributed by atoms with Crippen LogP contribution in [0.15, 0.2) is 206 Å². The fourth-order valence-electron chi connectivity index (χ4n) is 10.3. The van der Waals surface area contributed by atoms with Crippen molar-refractivity contribution in [3.05, 3.63) is 206 Å². The van der Waals surface area contributed by atoms with Gasteiger partial charge in [0.05, 0.1) is 43.7 Å². The van der Waals surface area contributed by atoms with E-state index in [4.69, 9.17) is 9.97 Å². The molecule has 0 aliphatic carbocycles. The third-order valence-electron chi connectivity index (χ3n) is 13.1. The summed E-state index contributed by atoms with van der Waals surface area (Å²) in [5, 5.41) is 10.8. The largest absolute Gasteiger partial charge is 0.306 e. The summed E-state index contributed by atoms with van der Waals surface area (Å²) in [6.45, 7) is 0. The lowest BCUT2D eigenvalue weighted by Crippen LogP contribution is -2.03. The molecule has 9 aromatic carbocycles. The second-order valence-corrected chi connectivity index (χ2v) is 17.5. The molecule has 0 fully saturated rings. The highest BCUT2D eigenvalue weighted by molar-refractivity contribution is 7.21. The van der Waals surface area contributed by atoms with E-state index in [1.807, 2.05) is 11.3 Å². The Morgan fingerprint density at radius 1 is 0.349 bits per heavy atom. The van der Waals surface area contributed by atoms with Crippen LogP contribution in [0.4, 0.5) is 0 Å². The topological polar surface area (TPSA) is 35.1 Å². The Labute approximate surface area is 365 Å². The first-order valence-corrected chi connectivity index (χ1v) is 22.2. The number of benzene rings is 9. The number of hydrogen-bond acceptors (Lipinski definition) is 3. The molecule has 0 unspecified atom stereocenters. The average molecular weight is 819 g/mol. The molecule has 0 N–H and O–H groups in total. The Morgan fingerprint density at radius 2 is 0.937 bits per heavy atom. The smallest absolute Gasteiger partial charge is 0.235 e. The zero-order valence-electron chi connectivity index (χ0n) is 33.8. The van der Waals surface area contributed by atoms with Gasteiger partial charge in [0.1, 0.15) is 0 Å². The van der Waals surface area contributed by atoms with Crippen molar-refractivity contribution in [2.24, 2.45) is 0 Å². The number of rotatable bonds is 5. The fourth-order valence-corrected chi connectivity index (χ4v) is 11.6. The van der Waals surface area contributed by atoms with Crippen LogP contribution < -0.4 is 0 Å². The van der Waals surface area contributed by atoms with E-state index in [0.29, 0.717) is 5.95 Å². The molecule has 0 radical (unpaired) electrons. The molecular weight excluding hydrogens is 785 g/mol. The Balaban J connectivity index is 0.982. The highest BCUT2D eigenvalue weighted by atomic mass is 32.1. The van der Waals surface area contributed by atoms with Crippen LogP contribution in [-0.2, 0) is 0 Å². The van der Waals surface area contributed by atoms with Gasteiger partial charge < -0.3 is 4.40 Å². The molecule has 4 nitrogen and oxygen atoms in total. The van der Waals surface area contributed by atoms with Crippen LogP contribution in [0.3, 0.4) is 0 Å². The third-order valence-corrected chi connectivity index (χ3v) is 14.3. The summed E-state index contributed by atoms with van der Waals surface area (Å²) in [5.41, 5.74) is 13.7. The molecule has 63 heavy (non-hydrogen) atoms. The van der Waals surface area contributed by atoms with Gasteiger partial charge in [-0.3, -0.25) is 4.57 Å². The predicted molar refractivity (Wildman–Crippen MR) is 266 cm³/mol. The first kappa shape index (κ1) is 34.6. The van der Waals surface area contributed by atoms with Gasteiger partial charge in [-0.2, -0.15) is 0 Å². The van der Waals surface area contributed by atoms with Crippen LogP contribution in [0.5, 0.6) is 0 Å². The molecule has 14 rings (SSSR count). The van der Waals surface area contributed by atoms with E-state index in [9.17, 15) is 0 Å². The van der Waals surface area contributed by atoms with Crippen LogP contribution in [-0.4, -0.2) is 18.9 Å². The van der Waals surface area contributed by atoms with E-state index in [0.717, 1.165) is 44.0 Å². The number of nitrogens with zero attached hydrogens (tertiary/aromatic N) is 4. The number of thiophene rings is 1. The second-order valence-electron chi connectivity index (χ2n) is 16.5. The summed E-state index contributed by atoms with van der Waals surface area (Å²) < 4.78 is 4.79. The Bertz CT molecular complexity index is 4120. The maximum atomic E-state index is 5.40. The lowest BCUT2D eigenvalue weighted by molar-refractivity contribution is 1.02. The summed E-state index contributed by atoms with van der Waals surface area (Å²) >= 11 is 1.90. The molecule has 5 heteroatoms. The van der Waals surface area contributed by atoms with E-state index in [-0.39, 0.29) is 0 Å². The SMILES string of the molecule is c1ccc(-c2nc(-n3c4ccccc4c4cc(-c5ccc6c(c5)c5cccc7c8c(-c9ccccc9)sc(-c9ccccc9)c8n6c57)ccc43)nc3c2ccc2ccccc23)cc1. The summed E-state index contributed by atoms with van der Waals surface area (Å²) in [6.07, 6.45) is 0. The molecule has 0 spiro atoms. The highest BCUT2D eigenvalue weighted by Gasteiger charge is 2.26. The maximum absolute atomic E-state index is 5.40. The Morgan fingerprint density at radius 3 is 1.70 bits per heavy atom. The minimum Gasteiger partial charge on any atom is -0.306 e. The first-order valence-electron chi connectivity index (χ1n) is 21.4. The van der Waals surface area contributed by atoms with Crippen molar-refractivity contribution in [2.45, 2.75) is 0 Å². The van der Waals surface area contributed by atoms with E-state index < -0.39 is 0 Å². The molecule has 14 aromatic rings. The highest BCUT2D eigenvalue weighted by Crippen LogP contribution is 2.51. The molecule has 0 aliphatic rings. The molecule has 0 saturated heterocycles. The number of para-hydroxylation sites is 2. The zero-order chi connectivity index (χ0) is 41.2. The van der Waals surface area contributed by atoms with Crippen molar-refractivity contribution < 1.29 is 0 Å². The minimum absolute atomic E-state index is 0.661. The van der Waals surface area contributed by atoms with Crippen molar-refractivity contribution >= 4 is 92.9 Å². The third kappa shape index (κ3) is 4.97. The van der Waals surface area contributed by atoms with Gasteiger partial charge in [0.15, 0.2) is 0 Å². The van der Waals surface area contributed by atoms with Crippen molar-refractivity contribution in [3.63, 3.8) is 0 Å². The van der Waals surface area contributed by atoms with Gasteiger partial charge in [-0.05, 0) is 64.0 Å². The van der Waals surface area contributed by atoms with Crippen molar-refractivity contribution in [3.8, 4) is 49.2 Å². The monoisotopic (exact) mass is 818 g/mol. The molecule has 0 bridgehead atoms. The zero-order valence-corrected chi connectivity index (χ0v) is 34.6. The average Bonchev–Trinajstić information content (AvgIpc) is 4.10. The van der Waals surface area contributed by atoms with E-state index in [2.05, 4.69) is 215 Å². The van der Waals surface area contributed by atoms with Gasteiger partial charge in [-0.25, -0.2) is 9.97 Å². The number of hydrogen-bond donors (Lipinski definition) is 0. The van der Waals surface area contributed by atoms with Crippen LogP contribution in [0, 0.1) is 0 Å². The van der Waals surface area contributed by atoms with Crippen molar-refractivity contribution in [1.82, 2.24) is 18.9 Å². The van der Waals surface area contributed by atoms with Crippen LogP contribution in [0.25, 0.3) is 131 Å². The van der Waals surface area contributed by atoms with Crippen LogP contribution >= 0.6 is 11.3 Å². The van der Waals surface area contributed by atoms with Crippen LogP contribution in [0.2, 0.25) is 0 Å². The normalized spacial score (nSPS) is 12.1. The van der Waals surface area contributed by atoms with Gasteiger partial charge in [-0.1, -0.05) is 170 Å². The standard InChI is InChI=1S/C58H34N4S/c1-4-16-36(17-5-1)52-45-30-27-35-15-10-11-22-41(35)53(45)60-58(59-52)61-48-26-13-12-23-42(48)46-33-39(28-31-49(46)61)40-29-32-50-47(34-40)43-24-14-25-44-51-55(62(50)54(43)44)57(38-20-8-3-9-21-38)63-56(51)37-18-6-2-7-19-37/h1-34H. The fraction of sp³-hybridized carbons (Fsp3) is 0. The molecule has 0 aliphatic heterocycles. The lowest BCUT2D eigenvalue weighted by atomic mass is 10.00. The molecule has 0 amide bonds. The van der Waals surface area contributed by atoms with Gasteiger partial charge in [0, 0.05) is 53.5 Å². The van der Waals surface area contributed by atoms with Gasteiger partial charge >= 0.3 is 0 Å². The molecule has 5 heterocycles. The van der Waals surface area contributed by atoms with Gasteiger partial charge in [-0.15, -0.1) is 11.3 Å². The molecule has 0 atom stereocenters. The van der Waals surface area contributed by atoms with Crippen LogP contribution in [0.1, 0.15) is 0 Å². The summed E-state index contributed by atoms with van der Waals surface area (Å²) in [7, 11) is 0. The lowest BCUT2D eigenvalue weighted by Gasteiger charge is -2.13. The van der Waals surface area contributed by atoms with Crippen molar-refractivity contribution in [2.75, 3.05) is 0 Å². The summed E-state index contributed by atoms with van der Waals surface area (Å²) in [6, 6.07) is 74.5. The molecule has 5 aromatic heterocycles. The van der Waals surface area contributed by atoms with E-state index >= 15 is 0 Å². The predicted octanol–water partition coefficient (Wildman–Crippen LogP) is 15.8.